The van der Waals surface area contributed by atoms with E-state index in [1.54, 1.807) is 6.07 Å². The van der Waals surface area contributed by atoms with E-state index in [0.717, 1.165) is 19.3 Å². The highest BCUT2D eigenvalue weighted by molar-refractivity contribution is 14.1. The highest BCUT2D eigenvalue weighted by Crippen LogP contribution is 2.34. The zero-order valence-corrected chi connectivity index (χ0v) is 23.0. The number of benzene rings is 2. The molecule has 0 spiro atoms. The fraction of sp³-hybridized carbons (Fsp3) is 0.250. The minimum Gasteiger partial charge on any atom is -0.350 e. The Labute approximate surface area is 229 Å². The molecule has 38 heavy (non-hydrogen) atoms. The molecule has 1 amide bonds. The Hall–Kier alpha value is -2.98. The molecule has 2 aromatic carbocycles. The summed E-state index contributed by atoms with van der Waals surface area (Å²) in [6, 6.07) is 6.14. The number of nitrogens with zero attached hydrogens (tertiary/aromatic N) is 1. The van der Waals surface area contributed by atoms with Gasteiger partial charge in [0.15, 0.2) is 23.3 Å². The molecule has 14 heteroatoms. The van der Waals surface area contributed by atoms with Crippen LogP contribution in [0.15, 0.2) is 36.5 Å². The van der Waals surface area contributed by atoms with Gasteiger partial charge in [0.25, 0.3) is 16.1 Å². The summed E-state index contributed by atoms with van der Waals surface area (Å²) < 4.78 is 88.0. The molecule has 2 unspecified atom stereocenters. The lowest BCUT2D eigenvalue weighted by Gasteiger charge is -2.17. The molecule has 2 atom stereocenters. The number of amides is 1. The lowest BCUT2D eigenvalue weighted by Crippen LogP contribution is -2.28. The summed E-state index contributed by atoms with van der Waals surface area (Å²) in [6.07, 6.45) is 1.27. The number of carbonyl (C=O) groups excluding carboxylic acids is 1. The van der Waals surface area contributed by atoms with E-state index < -0.39 is 57.3 Å². The third-order valence-electron chi connectivity index (χ3n) is 5.99. The van der Waals surface area contributed by atoms with Crippen LogP contribution in [-0.4, -0.2) is 32.4 Å². The molecule has 1 heterocycles. The maximum atomic E-state index is 15.4. The Kier molecular flexibility index (Phi) is 8.13. The average Bonchev–Trinajstić information content (AvgIpc) is 3.56. The van der Waals surface area contributed by atoms with Gasteiger partial charge >= 0.3 is 0 Å². The van der Waals surface area contributed by atoms with Gasteiger partial charge in [0.05, 0.1) is 16.9 Å². The van der Waals surface area contributed by atoms with Crippen LogP contribution in [0.4, 0.5) is 34.8 Å². The number of aromatic nitrogens is 1. The second-order valence-electron chi connectivity index (χ2n) is 8.75. The first-order valence-electron chi connectivity index (χ1n) is 11.3. The van der Waals surface area contributed by atoms with Gasteiger partial charge in [-0.3, -0.25) is 9.52 Å². The van der Waals surface area contributed by atoms with Gasteiger partial charge in [0.1, 0.15) is 5.82 Å². The lowest BCUT2D eigenvalue weighted by atomic mass is 9.99. The van der Waals surface area contributed by atoms with E-state index in [2.05, 4.69) is 15.6 Å². The molecule has 0 aliphatic heterocycles. The van der Waals surface area contributed by atoms with E-state index in [9.17, 15) is 17.6 Å². The van der Waals surface area contributed by atoms with E-state index in [-0.39, 0.29) is 34.3 Å². The number of halogens is 5. The van der Waals surface area contributed by atoms with Crippen LogP contribution in [-0.2, 0) is 16.6 Å². The van der Waals surface area contributed by atoms with E-state index in [1.165, 1.54) is 18.2 Å². The van der Waals surface area contributed by atoms with Crippen molar-refractivity contribution in [2.24, 2.45) is 5.92 Å². The largest absolute Gasteiger partial charge is 0.350 e. The second kappa shape index (κ2) is 11.0. The molecule has 8 nitrogen and oxygen atoms in total. The van der Waals surface area contributed by atoms with Gasteiger partial charge in [-0.15, -0.1) is 0 Å². The number of hydrogen-bond acceptors (Lipinski definition) is 5. The average molecular weight is 663 g/mol. The number of pyridine rings is 1. The molecule has 0 saturated heterocycles. The molecule has 1 aromatic heterocycles. The number of nitrogens with one attached hydrogen (secondary N) is 4. The summed E-state index contributed by atoms with van der Waals surface area (Å²) in [7, 11) is -2.99. The first-order chi connectivity index (χ1) is 17.9. The van der Waals surface area contributed by atoms with Gasteiger partial charge in [-0.2, -0.15) is 8.42 Å². The summed E-state index contributed by atoms with van der Waals surface area (Å²) in [5.74, 6) is -5.84. The zero-order valence-electron chi connectivity index (χ0n) is 20.0. The Bertz CT molecular complexity index is 1520. The Morgan fingerprint density at radius 1 is 1.08 bits per heavy atom. The van der Waals surface area contributed by atoms with Crippen molar-refractivity contribution in [3.63, 3.8) is 0 Å². The summed E-state index contributed by atoms with van der Waals surface area (Å²) in [6.45, 7) is 1.91. The Morgan fingerprint density at radius 2 is 1.79 bits per heavy atom. The smallest absolute Gasteiger partial charge is 0.300 e. The molecule has 1 aliphatic rings. The number of rotatable bonds is 9. The zero-order chi connectivity index (χ0) is 27.8. The topological polar surface area (TPSA) is 112 Å². The summed E-state index contributed by atoms with van der Waals surface area (Å²) in [5, 5.41) is 5.21. The maximum Gasteiger partial charge on any atom is 0.300 e. The summed E-state index contributed by atoms with van der Waals surface area (Å²) in [4.78, 5) is 16.7. The molecule has 202 valence electrons. The molecule has 0 radical (unpaired) electrons. The third kappa shape index (κ3) is 6.18. The van der Waals surface area contributed by atoms with Crippen molar-refractivity contribution in [2.45, 2.75) is 25.8 Å². The Morgan fingerprint density at radius 3 is 2.42 bits per heavy atom. The first-order valence-corrected chi connectivity index (χ1v) is 13.8. The fourth-order valence-electron chi connectivity index (χ4n) is 3.68. The highest BCUT2D eigenvalue weighted by atomic mass is 127. The molecular formula is C24H22F4IN5O3S. The van der Waals surface area contributed by atoms with Gasteiger partial charge in [-0.25, -0.2) is 27.3 Å². The van der Waals surface area contributed by atoms with Gasteiger partial charge in [0, 0.05) is 29.3 Å². The molecule has 3 aromatic rings. The Balaban J connectivity index is 1.75. The molecule has 1 fully saturated rings. The van der Waals surface area contributed by atoms with Crippen molar-refractivity contribution in [3.05, 3.63) is 80.1 Å². The third-order valence-corrected chi connectivity index (χ3v) is 7.66. The van der Waals surface area contributed by atoms with Gasteiger partial charge in [-0.1, -0.05) is 6.92 Å². The van der Waals surface area contributed by atoms with Crippen molar-refractivity contribution < 1.29 is 30.8 Å². The standard InChI is InChI=1S/C24H22F4IN5O3S/c1-11-7-18(11)33-24(35)15-9-13(8-12-5-6-31-23(20(12)27)34-38(36,37)30-2)19(26)21(28)22(15)32-17-4-3-14(29)10-16(17)25/h3-6,9-11,18,30,32H,7-8H2,1-2H3,(H,31,34)(H,33,35). The molecule has 4 rings (SSSR count). The predicted molar refractivity (Wildman–Crippen MR) is 142 cm³/mol. The van der Waals surface area contributed by atoms with Gasteiger partial charge in [-0.05, 0) is 76.4 Å². The van der Waals surface area contributed by atoms with Crippen LogP contribution in [0.1, 0.15) is 34.8 Å². The van der Waals surface area contributed by atoms with E-state index in [4.69, 9.17) is 0 Å². The van der Waals surface area contributed by atoms with Crippen molar-refractivity contribution >= 4 is 55.9 Å². The van der Waals surface area contributed by atoms with E-state index in [1.807, 2.05) is 39.0 Å². The fourth-order valence-corrected chi connectivity index (χ4v) is 4.63. The van der Waals surface area contributed by atoms with Crippen molar-refractivity contribution in [3.8, 4) is 0 Å². The van der Waals surface area contributed by atoms with Crippen molar-refractivity contribution in [1.29, 1.82) is 0 Å². The van der Waals surface area contributed by atoms with Gasteiger partial charge < -0.3 is 10.6 Å². The lowest BCUT2D eigenvalue weighted by molar-refractivity contribution is 0.0949. The predicted octanol–water partition coefficient (Wildman–Crippen LogP) is 4.59. The van der Waals surface area contributed by atoms with Crippen molar-refractivity contribution in [2.75, 3.05) is 17.1 Å². The van der Waals surface area contributed by atoms with Gasteiger partial charge in [0.2, 0.25) is 0 Å². The van der Waals surface area contributed by atoms with Crippen LogP contribution in [0.5, 0.6) is 0 Å². The summed E-state index contributed by atoms with van der Waals surface area (Å²) >= 11 is 1.89. The van der Waals surface area contributed by atoms with Crippen LogP contribution < -0.4 is 20.1 Å². The van der Waals surface area contributed by atoms with Crippen LogP contribution in [0.25, 0.3) is 0 Å². The minimum absolute atomic E-state index is 0.151. The van der Waals surface area contributed by atoms with E-state index in [0.29, 0.717) is 9.99 Å². The van der Waals surface area contributed by atoms with Crippen LogP contribution >= 0.6 is 22.6 Å². The maximum absolute atomic E-state index is 15.4. The van der Waals surface area contributed by atoms with Crippen LogP contribution in [0.3, 0.4) is 0 Å². The number of hydrogen-bond donors (Lipinski definition) is 4. The molecule has 0 bridgehead atoms. The summed E-state index contributed by atoms with van der Waals surface area (Å²) in [5.41, 5.74) is -1.64. The normalized spacial score (nSPS) is 16.7. The molecule has 4 N–H and O–H groups in total. The second-order valence-corrected chi connectivity index (χ2v) is 11.6. The number of anilines is 3. The quantitative estimate of drug-likeness (QED) is 0.198. The first kappa shape index (κ1) is 28.0. The monoisotopic (exact) mass is 663 g/mol. The van der Waals surface area contributed by atoms with Crippen LogP contribution in [0.2, 0.25) is 0 Å². The van der Waals surface area contributed by atoms with E-state index >= 15 is 13.2 Å². The number of carbonyl (C=O) groups is 1. The van der Waals surface area contributed by atoms with Crippen molar-refractivity contribution in [1.82, 2.24) is 15.0 Å². The molecule has 1 aliphatic carbocycles. The molecular weight excluding hydrogens is 641 g/mol. The highest BCUT2D eigenvalue weighted by Gasteiger charge is 2.35. The molecule has 1 saturated carbocycles. The minimum atomic E-state index is -4.10. The van der Waals surface area contributed by atoms with Crippen LogP contribution in [0, 0.1) is 32.8 Å². The SMILES string of the molecule is CNS(=O)(=O)Nc1nccc(Cc2cc(C(=O)NC3CC3C)c(Nc3ccc(I)cc3F)c(F)c2F)c1F.